The van der Waals surface area contributed by atoms with Gasteiger partial charge in [0, 0.05) is 41.0 Å². The Kier molecular flexibility index (Phi) is 7.02. The molecule has 1 aromatic heterocycles. The van der Waals surface area contributed by atoms with Crippen LogP contribution in [0.3, 0.4) is 0 Å². The summed E-state index contributed by atoms with van der Waals surface area (Å²) in [5.41, 5.74) is 0.383. The molecule has 0 aliphatic rings. The van der Waals surface area contributed by atoms with E-state index in [0.29, 0.717) is 27.3 Å². The maximum Gasteiger partial charge on any atom is 0.349 e. The number of thiophene rings is 1. The van der Waals surface area contributed by atoms with E-state index in [1.165, 1.54) is 28.4 Å². The van der Waals surface area contributed by atoms with Crippen molar-refractivity contribution in [3.05, 3.63) is 47.3 Å². The number of rotatable bonds is 8. The lowest BCUT2D eigenvalue weighted by Gasteiger charge is -2.18. The SMILES string of the molecule is COC(=O)c1sc2ccccc2c1S(=O)(=O)N(C)CC(=O)Nc1cc(OC)cc(OC)c1. The number of hydrogen-bond donors (Lipinski definition) is 1. The van der Waals surface area contributed by atoms with Gasteiger partial charge in [-0.3, -0.25) is 4.79 Å². The third-order valence-corrected chi connectivity index (χ3v) is 7.76. The molecule has 1 N–H and O–H groups in total. The minimum Gasteiger partial charge on any atom is -0.497 e. The van der Waals surface area contributed by atoms with Crippen molar-refractivity contribution in [1.29, 1.82) is 0 Å². The number of carbonyl (C=O) groups is 2. The van der Waals surface area contributed by atoms with Gasteiger partial charge in [0.2, 0.25) is 15.9 Å². The van der Waals surface area contributed by atoms with Gasteiger partial charge in [-0.15, -0.1) is 11.3 Å². The van der Waals surface area contributed by atoms with Crippen LogP contribution in [0.2, 0.25) is 0 Å². The Hall–Kier alpha value is -3.15. The van der Waals surface area contributed by atoms with Crippen molar-refractivity contribution in [2.75, 3.05) is 40.2 Å². The molecule has 0 radical (unpaired) electrons. The molecule has 0 spiro atoms. The summed E-state index contributed by atoms with van der Waals surface area (Å²) in [6, 6.07) is 11.6. The van der Waals surface area contributed by atoms with Gasteiger partial charge < -0.3 is 19.5 Å². The molecule has 0 aliphatic heterocycles. The van der Waals surface area contributed by atoms with Crippen molar-refractivity contribution in [3.63, 3.8) is 0 Å². The first-order valence-corrected chi connectivity index (χ1v) is 11.6. The Balaban J connectivity index is 1.89. The fraction of sp³-hybridized carbons (Fsp3) is 0.238. The van der Waals surface area contributed by atoms with E-state index in [2.05, 4.69) is 5.32 Å². The number of likely N-dealkylation sites (N-methyl/N-ethyl adjacent to an activating group) is 1. The molecule has 0 aliphatic carbocycles. The van der Waals surface area contributed by atoms with Crippen LogP contribution in [0, 0.1) is 0 Å². The molecule has 32 heavy (non-hydrogen) atoms. The Morgan fingerprint density at radius 3 is 2.25 bits per heavy atom. The number of fused-ring (bicyclic) bond motifs is 1. The van der Waals surface area contributed by atoms with Gasteiger partial charge in [0.05, 0.1) is 27.9 Å². The van der Waals surface area contributed by atoms with Crippen LogP contribution in [0.15, 0.2) is 47.4 Å². The van der Waals surface area contributed by atoms with Crippen molar-refractivity contribution < 1.29 is 32.2 Å². The highest BCUT2D eigenvalue weighted by atomic mass is 32.2. The van der Waals surface area contributed by atoms with E-state index in [1.807, 2.05) is 0 Å². The van der Waals surface area contributed by atoms with Crippen molar-refractivity contribution in [1.82, 2.24) is 4.31 Å². The summed E-state index contributed by atoms with van der Waals surface area (Å²) in [4.78, 5) is 24.6. The molecule has 170 valence electrons. The summed E-state index contributed by atoms with van der Waals surface area (Å²) in [5, 5.41) is 3.02. The molecule has 0 saturated carbocycles. The van der Waals surface area contributed by atoms with Crippen LogP contribution in [0.4, 0.5) is 5.69 Å². The van der Waals surface area contributed by atoms with Crippen molar-refractivity contribution in [3.8, 4) is 11.5 Å². The first kappa shape index (κ1) is 23.5. The van der Waals surface area contributed by atoms with Crippen LogP contribution in [0.25, 0.3) is 10.1 Å². The topological polar surface area (TPSA) is 111 Å². The van der Waals surface area contributed by atoms with Crippen LogP contribution in [-0.4, -0.2) is 59.5 Å². The molecule has 11 heteroatoms. The van der Waals surface area contributed by atoms with E-state index in [1.54, 1.807) is 42.5 Å². The van der Waals surface area contributed by atoms with Crippen molar-refractivity contribution in [2.45, 2.75) is 4.90 Å². The van der Waals surface area contributed by atoms with Gasteiger partial charge in [-0.1, -0.05) is 18.2 Å². The second-order valence-corrected chi connectivity index (χ2v) is 9.69. The van der Waals surface area contributed by atoms with E-state index in [4.69, 9.17) is 14.2 Å². The highest BCUT2D eigenvalue weighted by Gasteiger charge is 2.32. The number of amides is 1. The zero-order valence-electron chi connectivity index (χ0n) is 17.9. The quantitative estimate of drug-likeness (QED) is 0.496. The second-order valence-electron chi connectivity index (χ2n) is 6.66. The Morgan fingerprint density at radius 1 is 1.03 bits per heavy atom. The molecule has 0 fully saturated rings. The predicted molar refractivity (Wildman–Crippen MR) is 121 cm³/mol. The molecular formula is C21H22N2O7S2. The fourth-order valence-corrected chi connectivity index (χ4v) is 5.92. The Morgan fingerprint density at radius 2 is 1.66 bits per heavy atom. The number of methoxy groups -OCH3 is 3. The molecule has 0 unspecified atom stereocenters. The van der Waals surface area contributed by atoms with Crippen LogP contribution < -0.4 is 14.8 Å². The van der Waals surface area contributed by atoms with Gasteiger partial charge in [-0.2, -0.15) is 4.31 Å². The van der Waals surface area contributed by atoms with Gasteiger partial charge in [0.25, 0.3) is 0 Å². The monoisotopic (exact) mass is 478 g/mol. The fourth-order valence-electron chi connectivity index (χ4n) is 3.03. The first-order valence-electron chi connectivity index (χ1n) is 9.30. The van der Waals surface area contributed by atoms with Gasteiger partial charge in [0.15, 0.2) is 0 Å². The van der Waals surface area contributed by atoms with Crippen LogP contribution in [-0.2, 0) is 19.6 Å². The number of carbonyl (C=O) groups excluding carboxylic acids is 2. The summed E-state index contributed by atoms with van der Waals surface area (Å²) in [5.74, 6) is -0.405. The third-order valence-electron chi connectivity index (χ3n) is 4.59. The second kappa shape index (κ2) is 9.55. The summed E-state index contributed by atoms with van der Waals surface area (Å²) in [6.07, 6.45) is 0. The molecule has 1 heterocycles. The van der Waals surface area contributed by atoms with Crippen molar-refractivity contribution >= 4 is 49.0 Å². The number of benzene rings is 2. The van der Waals surface area contributed by atoms with E-state index in [-0.39, 0.29) is 9.77 Å². The lowest BCUT2D eigenvalue weighted by molar-refractivity contribution is -0.116. The summed E-state index contributed by atoms with van der Waals surface area (Å²) in [7, 11) is 1.22. The van der Waals surface area contributed by atoms with Gasteiger partial charge in [-0.25, -0.2) is 13.2 Å². The van der Waals surface area contributed by atoms with Gasteiger partial charge >= 0.3 is 5.97 Å². The van der Waals surface area contributed by atoms with E-state index in [9.17, 15) is 18.0 Å². The van der Waals surface area contributed by atoms with Crippen LogP contribution >= 0.6 is 11.3 Å². The smallest absolute Gasteiger partial charge is 0.349 e. The zero-order chi connectivity index (χ0) is 23.5. The minimum atomic E-state index is -4.19. The Bertz CT molecular complexity index is 1250. The van der Waals surface area contributed by atoms with E-state index >= 15 is 0 Å². The predicted octanol–water partition coefficient (Wildman–Crippen LogP) is 2.96. The average molecular weight is 479 g/mol. The number of esters is 1. The molecular weight excluding hydrogens is 456 g/mol. The van der Waals surface area contributed by atoms with Crippen molar-refractivity contribution in [2.24, 2.45) is 0 Å². The normalized spacial score (nSPS) is 11.4. The Labute approximate surface area is 189 Å². The lowest BCUT2D eigenvalue weighted by atomic mass is 10.2. The molecule has 0 bridgehead atoms. The zero-order valence-corrected chi connectivity index (χ0v) is 19.5. The number of anilines is 1. The van der Waals surface area contributed by atoms with Gasteiger partial charge in [0.1, 0.15) is 21.3 Å². The van der Waals surface area contributed by atoms with Crippen LogP contribution in [0.1, 0.15) is 9.67 Å². The lowest BCUT2D eigenvalue weighted by Crippen LogP contribution is -2.35. The number of ether oxygens (including phenoxy) is 3. The third kappa shape index (κ3) is 4.69. The van der Waals surface area contributed by atoms with Gasteiger partial charge in [-0.05, 0) is 6.07 Å². The van der Waals surface area contributed by atoms with Crippen LogP contribution in [0.5, 0.6) is 11.5 Å². The highest BCUT2D eigenvalue weighted by molar-refractivity contribution is 7.89. The standard InChI is InChI=1S/C21H22N2O7S2/c1-23(12-18(24)22-13-9-14(28-2)11-15(10-13)29-3)32(26,27)20-16-7-5-6-8-17(16)31-19(20)21(25)30-4/h5-11H,12H2,1-4H3,(H,22,24). The first-order chi connectivity index (χ1) is 15.2. The molecule has 0 atom stereocenters. The molecule has 3 aromatic rings. The molecule has 1 amide bonds. The number of nitrogens with zero attached hydrogens (tertiary/aromatic N) is 1. The summed E-state index contributed by atoms with van der Waals surface area (Å²) >= 11 is 1.02. The number of sulfonamides is 1. The molecule has 9 nitrogen and oxygen atoms in total. The summed E-state index contributed by atoms with van der Waals surface area (Å²) < 4.78 is 43.3. The minimum absolute atomic E-state index is 0.0431. The number of hydrogen-bond acceptors (Lipinski definition) is 8. The van der Waals surface area contributed by atoms with E-state index < -0.39 is 28.4 Å². The largest absolute Gasteiger partial charge is 0.497 e. The average Bonchev–Trinajstić information content (AvgIpc) is 3.18. The van der Waals surface area contributed by atoms with E-state index in [0.717, 1.165) is 15.6 Å². The number of nitrogens with one attached hydrogen (secondary N) is 1. The summed E-state index contributed by atoms with van der Waals surface area (Å²) in [6.45, 7) is -0.480. The molecule has 2 aromatic carbocycles. The maximum absolute atomic E-state index is 13.3. The molecule has 3 rings (SSSR count). The maximum atomic E-state index is 13.3. The molecule has 0 saturated heterocycles. The highest BCUT2D eigenvalue weighted by Crippen LogP contribution is 2.36.